The Bertz CT molecular complexity index is 2420. The molecule has 14 heteroatoms. The summed E-state index contributed by atoms with van der Waals surface area (Å²) in [7, 11) is 1.52. The number of rotatable bonds is 19. The number of methoxy groups -OCH3 is 1. The van der Waals surface area contributed by atoms with E-state index in [-0.39, 0.29) is 52.5 Å². The van der Waals surface area contributed by atoms with Gasteiger partial charge in [-0.3, -0.25) is 24.0 Å². The van der Waals surface area contributed by atoms with Crippen molar-refractivity contribution < 1.29 is 33.4 Å². The van der Waals surface area contributed by atoms with Crippen LogP contribution in [0.1, 0.15) is 71.0 Å². The van der Waals surface area contributed by atoms with Crippen molar-refractivity contribution in [3.63, 3.8) is 0 Å². The second-order valence-corrected chi connectivity index (χ2v) is 16.9. The van der Waals surface area contributed by atoms with E-state index in [1.165, 1.54) is 30.8 Å². The summed E-state index contributed by atoms with van der Waals surface area (Å²) in [4.78, 5) is 68.1. The van der Waals surface area contributed by atoms with E-state index < -0.39 is 0 Å². The Morgan fingerprint density at radius 2 is 1.05 bits per heavy atom. The molecule has 63 heavy (non-hydrogen) atoms. The van der Waals surface area contributed by atoms with Gasteiger partial charge in [-0.2, -0.15) is 0 Å². The Morgan fingerprint density at radius 1 is 0.619 bits per heavy atom. The van der Waals surface area contributed by atoms with Gasteiger partial charge in [-0.15, -0.1) is 0 Å². The first kappa shape index (κ1) is 47.7. The number of nitrogens with one attached hydrogen (secondary N) is 3. The molecule has 0 saturated carbocycles. The number of benzene rings is 4. The van der Waals surface area contributed by atoms with E-state index in [4.69, 9.17) is 14.2 Å². The van der Waals surface area contributed by atoms with Gasteiger partial charge in [-0.05, 0) is 72.9 Å². The lowest BCUT2D eigenvalue weighted by Crippen LogP contribution is -2.38. The van der Waals surface area contributed by atoms with Crippen LogP contribution in [0.3, 0.4) is 0 Å². The van der Waals surface area contributed by atoms with E-state index in [1.807, 2.05) is 55.5 Å². The van der Waals surface area contributed by atoms with Crippen LogP contribution >= 0.6 is 22.7 Å². The number of aromatic nitrogens is 2. The number of carbonyl (C=O) groups is 4. The van der Waals surface area contributed by atoms with Crippen molar-refractivity contribution >= 4 is 46.4 Å². The molecule has 0 fully saturated rings. The predicted octanol–water partition coefficient (Wildman–Crippen LogP) is 8.78. The number of H-pyrrole nitrogens is 1. The largest absolute Gasteiger partial charge is 0.473 e. The van der Waals surface area contributed by atoms with Gasteiger partial charge in [0.25, 0.3) is 17.0 Å². The van der Waals surface area contributed by atoms with Crippen LogP contribution in [0, 0.1) is 11.8 Å². The fourth-order valence-electron chi connectivity index (χ4n) is 6.86. The van der Waals surface area contributed by atoms with Crippen LogP contribution in [0.25, 0.3) is 22.3 Å². The number of hydrogen-bond donors (Lipinski definition) is 3. The van der Waals surface area contributed by atoms with Crippen molar-refractivity contribution in [3.05, 3.63) is 152 Å². The minimum absolute atomic E-state index is 0.229. The van der Waals surface area contributed by atoms with Gasteiger partial charge in [0.05, 0.1) is 38.4 Å². The maximum Gasteiger partial charge on any atom is 0.308 e. The van der Waals surface area contributed by atoms with Gasteiger partial charge < -0.3 is 29.8 Å². The molecule has 0 bridgehead atoms. The molecule has 6 rings (SSSR count). The van der Waals surface area contributed by atoms with Gasteiger partial charge in [0.1, 0.15) is 9.75 Å². The highest BCUT2D eigenvalue weighted by Gasteiger charge is 2.25. The van der Waals surface area contributed by atoms with Crippen LogP contribution in [-0.4, -0.2) is 66.1 Å². The minimum atomic E-state index is -0.362. The number of amides is 2. The first-order valence-electron chi connectivity index (χ1n) is 20.9. The van der Waals surface area contributed by atoms with Crippen LogP contribution in [0.4, 0.5) is 0 Å². The Labute approximate surface area is 376 Å². The fraction of sp³-hybridized carbons (Fsp3) is 0.306. The van der Waals surface area contributed by atoms with E-state index >= 15 is 0 Å². The molecule has 3 N–H and O–H groups in total. The lowest BCUT2D eigenvalue weighted by Gasteiger charge is -2.21. The number of hydrogen-bond acceptors (Lipinski definition) is 11. The van der Waals surface area contributed by atoms with Crippen molar-refractivity contribution in [2.75, 3.05) is 20.3 Å². The molecule has 4 atom stereocenters. The van der Waals surface area contributed by atoms with E-state index in [2.05, 4.69) is 81.3 Å². The van der Waals surface area contributed by atoms with Crippen LogP contribution in [0.5, 0.6) is 5.19 Å². The number of aromatic amines is 1. The van der Waals surface area contributed by atoms with Crippen molar-refractivity contribution in [3.8, 4) is 27.4 Å². The lowest BCUT2D eigenvalue weighted by atomic mass is 9.95. The van der Waals surface area contributed by atoms with Gasteiger partial charge in [0, 0.05) is 18.3 Å². The molecule has 0 unspecified atom stereocenters. The second-order valence-electron chi connectivity index (χ2n) is 14.9. The van der Waals surface area contributed by atoms with Crippen molar-refractivity contribution in [2.24, 2.45) is 11.8 Å². The second kappa shape index (κ2) is 24.3. The van der Waals surface area contributed by atoms with E-state index in [9.17, 15) is 24.0 Å². The van der Waals surface area contributed by atoms with Gasteiger partial charge in [-0.1, -0.05) is 146 Å². The molecule has 330 valence electrons. The highest BCUT2D eigenvalue weighted by atomic mass is 32.1. The number of esters is 2. The average Bonchev–Trinajstić information content (AvgIpc) is 3.97. The third-order valence-electron chi connectivity index (χ3n) is 10.0. The Hall–Kier alpha value is -6.38. The summed E-state index contributed by atoms with van der Waals surface area (Å²) in [5.41, 5.74) is 6.65. The summed E-state index contributed by atoms with van der Waals surface area (Å²) in [5, 5.41) is 6.47. The van der Waals surface area contributed by atoms with Gasteiger partial charge in [-0.25, -0.2) is 4.98 Å². The van der Waals surface area contributed by atoms with Gasteiger partial charge in [0.2, 0.25) is 0 Å². The number of nitrogens with zero attached hydrogens (tertiary/aromatic N) is 1. The van der Waals surface area contributed by atoms with Crippen LogP contribution in [0.15, 0.2) is 126 Å². The standard InChI is InChI=1S/C25H28N2O4S.C24H26N2O4S/c1-4-31-24(29)17(2)14-21(27-23(28)22-16-26-25(30-3)32-22)15-18-10-12-20(13-11-18)19-8-6-5-7-9-19;1-3-30-23(28)16(2)13-20(26-22(27)21-15-25-24(29)31-21)14-17-9-11-19(12-10-17)18-7-5-4-6-8-18/h5-13,16-17,21H,4,14-15H2,1-3H3,(H,27,28);4-12,15-16,20H,3,13-14H2,1-2H3,(H,25,29)(H,26,27)/t17-,21+;16-,20+/m11/s1. The molecule has 0 aliphatic carbocycles. The smallest absolute Gasteiger partial charge is 0.308 e. The zero-order chi connectivity index (χ0) is 45.1. The summed E-state index contributed by atoms with van der Waals surface area (Å²) >= 11 is 2.05. The van der Waals surface area contributed by atoms with Crippen LogP contribution in [0.2, 0.25) is 0 Å². The molecule has 4 aromatic carbocycles. The third-order valence-corrected chi connectivity index (χ3v) is 11.8. The molecule has 12 nitrogen and oxygen atoms in total. The molecule has 0 saturated heterocycles. The van der Waals surface area contributed by atoms with Crippen LogP contribution < -0.4 is 20.2 Å². The first-order valence-corrected chi connectivity index (χ1v) is 22.5. The lowest BCUT2D eigenvalue weighted by molar-refractivity contribution is -0.148. The maximum atomic E-state index is 12.8. The molecular weight excluding hydrogens is 837 g/mol. The third kappa shape index (κ3) is 14.9. The number of ether oxygens (including phenoxy) is 3. The zero-order valence-corrected chi connectivity index (χ0v) is 37.8. The minimum Gasteiger partial charge on any atom is -0.473 e. The zero-order valence-electron chi connectivity index (χ0n) is 36.1. The summed E-state index contributed by atoms with van der Waals surface area (Å²) < 4.78 is 15.3. The first-order chi connectivity index (χ1) is 30.5. The normalized spacial score (nSPS) is 12.7. The topological polar surface area (TPSA) is 166 Å². The quantitative estimate of drug-likeness (QED) is 0.0674. The van der Waals surface area contributed by atoms with E-state index in [0.29, 0.717) is 53.8 Å². The molecule has 2 heterocycles. The molecule has 0 aliphatic heterocycles. The monoisotopic (exact) mass is 890 g/mol. The number of thiazole rings is 2. The predicted molar refractivity (Wildman–Crippen MR) is 248 cm³/mol. The molecule has 0 aliphatic rings. The maximum absolute atomic E-state index is 12.8. The van der Waals surface area contributed by atoms with E-state index in [0.717, 1.165) is 44.7 Å². The van der Waals surface area contributed by atoms with Crippen LogP contribution in [-0.2, 0) is 31.9 Å². The Morgan fingerprint density at radius 3 is 1.43 bits per heavy atom. The molecule has 0 radical (unpaired) electrons. The molecule has 6 aromatic rings. The molecule has 2 amide bonds. The summed E-state index contributed by atoms with van der Waals surface area (Å²) in [6, 6.07) is 36.2. The Kier molecular flexibility index (Phi) is 18.4. The summed E-state index contributed by atoms with van der Waals surface area (Å²) in [5.74, 6) is -1.80. The van der Waals surface area contributed by atoms with Gasteiger partial charge in [0.15, 0.2) is 0 Å². The Balaban J connectivity index is 0.000000238. The van der Waals surface area contributed by atoms with Gasteiger partial charge >= 0.3 is 16.8 Å². The highest BCUT2D eigenvalue weighted by Crippen LogP contribution is 2.24. The van der Waals surface area contributed by atoms with Crippen molar-refractivity contribution in [1.29, 1.82) is 0 Å². The summed E-state index contributed by atoms with van der Waals surface area (Å²) in [6.45, 7) is 7.83. The van der Waals surface area contributed by atoms with E-state index in [1.54, 1.807) is 20.8 Å². The highest BCUT2D eigenvalue weighted by molar-refractivity contribution is 7.15. The van der Waals surface area contributed by atoms with Crippen molar-refractivity contribution in [1.82, 2.24) is 20.6 Å². The number of carbonyl (C=O) groups excluding carboxylic acids is 4. The molecule has 2 aromatic heterocycles. The summed E-state index contributed by atoms with van der Waals surface area (Å²) in [6.07, 6.45) is 4.97. The van der Waals surface area contributed by atoms with Crippen molar-refractivity contribution in [2.45, 2.75) is 65.5 Å². The SMILES string of the molecule is CCOC(=O)[C@H](C)C[C@@H](Cc1ccc(-c2ccccc2)cc1)NC(=O)c1c[nH]c(=O)s1.CCOC(=O)[C@H](C)C[C@@H](Cc1ccc(-c2ccccc2)cc1)NC(=O)c1cnc(OC)s1. The fourth-order valence-corrected chi connectivity index (χ4v) is 8.09. The molecular formula is C49H54N4O8S2. The molecule has 0 spiro atoms. The average molecular weight is 891 g/mol.